The average Bonchev–Trinajstić information content (AvgIpc) is 3.24. The molecule has 0 spiro atoms. The zero-order valence-corrected chi connectivity index (χ0v) is 21.9. The van der Waals surface area contributed by atoms with E-state index in [4.69, 9.17) is 9.90 Å². The third-order valence-electron chi connectivity index (χ3n) is 5.44. The Morgan fingerprint density at radius 3 is 2.22 bits per heavy atom. The Morgan fingerprint density at radius 2 is 1.69 bits per heavy atom. The first-order valence-electron chi connectivity index (χ1n) is 10.8. The Labute approximate surface area is 212 Å². The summed E-state index contributed by atoms with van der Waals surface area (Å²) in [6, 6.07) is 8.16. The first-order valence-corrected chi connectivity index (χ1v) is 13.1. The molecule has 12 heteroatoms. The molecule has 0 fully saturated rings. The van der Waals surface area contributed by atoms with E-state index in [0.717, 1.165) is 29.2 Å². The van der Waals surface area contributed by atoms with Crippen LogP contribution in [0.5, 0.6) is 0 Å². The van der Waals surface area contributed by atoms with Gasteiger partial charge in [0.15, 0.2) is 10.7 Å². The molecule has 0 aliphatic carbocycles. The van der Waals surface area contributed by atoms with Crippen molar-refractivity contribution in [1.82, 2.24) is 9.27 Å². The van der Waals surface area contributed by atoms with Gasteiger partial charge in [-0.1, -0.05) is 12.1 Å². The highest BCUT2D eigenvalue weighted by Crippen LogP contribution is 2.25. The monoisotopic (exact) mass is 543 g/mol. The van der Waals surface area contributed by atoms with Crippen LogP contribution in [0.4, 0.5) is 19.0 Å². The van der Waals surface area contributed by atoms with Gasteiger partial charge < -0.3 is 5.11 Å². The lowest BCUT2D eigenvalue weighted by Gasteiger charge is -2.32. The van der Waals surface area contributed by atoms with Crippen LogP contribution >= 0.6 is 11.5 Å². The van der Waals surface area contributed by atoms with Gasteiger partial charge in [0.2, 0.25) is 0 Å². The summed E-state index contributed by atoms with van der Waals surface area (Å²) in [6.07, 6.45) is 0.350. The lowest BCUT2D eigenvalue weighted by Crippen LogP contribution is -2.37. The van der Waals surface area contributed by atoms with E-state index in [2.05, 4.69) is 34.8 Å². The van der Waals surface area contributed by atoms with Crippen molar-refractivity contribution in [2.45, 2.75) is 50.6 Å². The molecule has 0 bridgehead atoms. The number of sulfonamides is 1. The van der Waals surface area contributed by atoms with Crippen LogP contribution in [-0.4, -0.2) is 41.9 Å². The molecule has 2 aromatic carbocycles. The Bertz CT molecular complexity index is 1260. The van der Waals surface area contributed by atoms with E-state index in [1.807, 2.05) is 13.1 Å². The van der Waals surface area contributed by atoms with E-state index < -0.39 is 26.6 Å². The van der Waals surface area contributed by atoms with Crippen LogP contribution in [0.3, 0.4) is 0 Å². The SMILES string of the molecule is CN(Cc1cccc(F)c1CCc1cc(F)c(S(=O)(=O)Nc2ccsn2)c(F)c1)C(C)(C)C.O=CO. The topological polar surface area (TPSA) is 99.6 Å². The van der Waals surface area contributed by atoms with E-state index in [9.17, 15) is 21.6 Å². The van der Waals surface area contributed by atoms with Crippen LogP contribution in [0.15, 0.2) is 46.7 Å². The molecule has 0 unspecified atom stereocenters. The molecule has 0 aliphatic heterocycles. The van der Waals surface area contributed by atoms with E-state index in [0.29, 0.717) is 12.1 Å². The standard InChI is InChI=1S/C23H26F3N3O2S2.CH2O2/c1-23(2,3)29(4)14-16-6-5-7-18(24)17(16)9-8-15-12-19(25)22(20(26)13-15)33(30,31)28-21-10-11-32-27-21;2-1-3/h5-7,10-13H,8-9,14H2,1-4H3,(H,27,28);1H,(H,2,3). The number of benzene rings is 2. The van der Waals surface area contributed by atoms with Gasteiger partial charge in [0, 0.05) is 17.5 Å². The predicted octanol–water partition coefficient (Wildman–Crippen LogP) is 5.08. The van der Waals surface area contributed by atoms with Gasteiger partial charge in [0.1, 0.15) is 17.5 Å². The molecule has 7 nitrogen and oxygen atoms in total. The van der Waals surface area contributed by atoms with Crippen molar-refractivity contribution in [2.75, 3.05) is 11.8 Å². The van der Waals surface area contributed by atoms with Crippen molar-refractivity contribution >= 4 is 33.8 Å². The molecule has 3 aromatic rings. The molecule has 1 heterocycles. The van der Waals surface area contributed by atoms with Crippen molar-refractivity contribution in [3.63, 3.8) is 0 Å². The second-order valence-electron chi connectivity index (χ2n) is 8.89. The highest BCUT2D eigenvalue weighted by atomic mass is 32.2. The molecule has 1 aromatic heterocycles. The zero-order valence-electron chi connectivity index (χ0n) is 20.3. The normalized spacial score (nSPS) is 11.7. The van der Waals surface area contributed by atoms with Crippen molar-refractivity contribution < 1.29 is 31.5 Å². The number of nitrogens with one attached hydrogen (secondary N) is 1. The molecule has 36 heavy (non-hydrogen) atoms. The molecular formula is C24H28F3N3O4S2. The minimum atomic E-state index is -4.49. The van der Waals surface area contributed by atoms with Crippen LogP contribution in [0.2, 0.25) is 0 Å². The van der Waals surface area contributed by atoms with Crippen LogP contribution in [0.1, 0.15) is 37.5 Å². The van der Waals surface area contributed by atoms with E-state index in [-0.39, 0.29) is 42.1 Å². The minimum Gasteiger partial charge on any atom is -0.483 e. The Kier molecular flexibility index (Phi) is 10.0. The number of halogens is 3. The van der Waals surface area contributed by atoms with Gasteiger partial charge in [-0.05, 0) is 93.1 Å². The lowest BCUT2D eigenvalue weighted by molar-refractivity contribution is -0.122. The van der Waals surface area contributed by atoms with Gasteiger partial charge in [-0.25, -0.2) is 21.6 Å². The maximum Gasteiger partial charge on any atom is 0.290 e. The summed E-state index contributed by atoms with van der Waals surface area (Å²) in [5.41, 5.74) is 1.37. The maximum absolute atomic E-state index is 14.7. The minimum absolute atomic E-state index is 0.0183. The van der Waals surface area contributed by atoms with Crippen LogP contribution in [-0.2, 0) is 34.2 Å². The van der Waals surface area contributed by atoms with Gasteiger partial charge in [0.05, 0.1) is 0 Å². The largest absolute Gasteiger partial charge is 0.483 e. The lowest BCUT2D eigenvalue weighted by atomic mass is 9.97. The maximum atomic E-state index is 14.7. The molecule has 0 saturated heterocycles. The van der Waals surface area contributed by atoms with Gasteiger partial charge in [-0.3, -0.25) is 14.4 Å². The van der Waals surface area contributed by atoms with Crippen molar-refractivity contribution in [1.29, 1.82) is 0 Å². The number of hydrogen-bond acceptors (Lipinski definition) is 6. The Hall–Kier alpha value is -2.96. The smallest absolute Gasteiger partial charge is 0.290 e. The van der Waals surface area contributed by atoms with Crippen molar-refractivity contribution in [3.05, 3.63) is 75.9 Å². The summed E-state index contributed by atoms with van der Waals surface area (Å²) in [7, 11) is -2.55. The van der Waals surface area contributed by atoms with Crippen LogP contribution < -0.4 is 4.72 Å². The summed E-state index contributed by atoms with van der Waals surface area (Å²) in [5, 5.41) is 8.42. The number of aryl methyl sites for hydroxylation is 1. The Balaban J connectivity index is 0.00000145. The zero-order chi connectivity index (χ0) is 27.1. The molecular weight excluding hydrogens is 515 g/mol. The fourth-order valence-corrected chi connectivity index (χ4v) is 4.91. The average molecular weight is 544 g/mol. The van der Waals surface area contributed by atoms with Gasteiger partial charge >= 0.3 is 0 Å². The predicted molar refractivity (Wildman–Crippen MR) is 133 cm³/mol. The summed E-state index contributed by atoms with van der Waals surface area (Å²) in [6.45, 7) is 6.42. The summed E-state index contributed by atoms with van der Waals surface area (Å²) in [4.78, 5) is 9.37. The number of aromatic nitrogens is 1. The molecule has 0 atom stereocenters. The fourth-order valence-electron chi connectivity index (χ4n) is 3.26. The molecule has 2 N–H and O–H groups in total. The van der Waals surface area contributed by atoms with Gasteiger partial charge in [-0.2, -0.15) is 4.37 Å². The first kappa shape index (κ1) is 29.3. The molecule has 0 saturated carbocycles. The van der Waals surface area contributed by atoms with Gasteiger partial charge in [0.25, 0.3) is 16.5 Å². The second-order valence-corrected chi connectivity index (χ2v) is 11.2. The summed E-state index contributed by atoms with van der Waals surface area (Å²) < 4.78 is 74.6. The highest BCUT2D eigenvalue weighted by Gasteiger charge is 2.26. The second kappa shape index (κ2) is 12.3. The van der Waals surface area contributed by atoms with Crippen LogP contribution in [0, 0.1) is 17.5 Å². The van der Waals surface area contributed by atoms with Crippen molar-refractivity contribution in [3.8, 4) is 0 Å². The third kappa shape index (κ3) is 7.77. The number of hydrogen-bond donors (Lipinski definition) is 2. The quantitative estimate of drug-likeness (QED) is 0.385. The number of anilines is 1. The fraction of sp³-hybridized carbons (Fsp3) is 0.333. The van der Waals surface area contributed by atoms with Crippen molar-refractivity contribution in [2.24, 2.45) is 0 Å². The molecule has 196 valence electrons. The molecule has 0 radical (unpaired) electrons. The van der Waals surface area contributed by atoms with Crippen LogP contribution in [0.25, 0.3) is 0 Å². The number of carboxylic acid groups (broad SMARTS) is 1. The summed E-state index contributed by atoms with van der Waals surface area (Å²) in [5.74, 6) is -2.83. The third-order valence-corrected chi connectivity index (χ3v) is 7.40. The molecule has 0 aliphatic rings. The highest BCUT2D eigenvalue weighted by molar-refractivity contribution is 7.92. The van der Waals surface area contributed by atoms with E-state index >= 15 is 0 Å². The number of carbonyl (C=O) groups is 1. The first-order chi connectivity index (χ1) is 16.8. The Morgan fingerprint density at radius 1 is 1.08 bits per heavy atom. The number of nitrogens with zero attached hydrogens (tertiary/aromatic N) is 2. The van der Waals surface area contributed by atoms with Gasteiger partial charge in [-0.15, -0.1) is 0 Å². The van der Waals surface area contributed by atoms with E-state index in [1.165, 1.54) is 17.5 Å². The number of rotatable bonds is 8. The van der Waals surface area contributed by atoms with E-state index in [1.54, 1.807) is 6.07 Å². The molecule has 3 rings (SSSR count). The summed E-state index contributed by atoms with van der Waals surface area (Å²) >= 11 is 1.000. The molecule has 0 amide bonds.